The van der Waals surface area contributed by atoms with Crippen molar-refractivity contribution in [3.63, 3.8) is 0 Å². The van der Waals surface area contributed by atoms with Crippen LogP contribution in [-0.4, -0.2) is 29.4 Å². The third-order valence-corrected chi connectivity index (χ3v) is 4.98. The third kappa shape index (κ3) is 6.16. The molecule has 0 heterocycles. The molecule has 0 radical (unpaired) electrons. The number of hydrogen-bond acceptors (Lipinski definition) is 4. The Morgan fingerprint density at radius 3 is 2.31 bits per heavy atom. The van der Waals surface area contributed by atoms with E-state index in [-0.39, 0.29) is 6.61 Å². The maximum Gasteiger partial charge on any atom is 0.342 e. The monoisotopic (exact) mass is 230 g/mol. The molecule has 0 aromatic carbocycles. The van der Waals surface area contributed by atoms with Gasteiger partial charge in [-0.05, 0) is 0 Å². The van der Waals surface area contributed by atoms with Crippen LogP contribution in [0.25, 0.3) is 0 Å². The van der Waals surface area contributed by atoms with E-state index in [9.17, 15) is 9.13 Å². The first-order chi connectivity index (χ1) is 5.83. The van der Waals surface area contributed by atoms with Crippen molar-refractivity contribution in [3.8, 4) is 0 Å². The van der Waals surface area contributed by atoms with Crippen LogP contribution >= 0.6 is 15.2 Å². The molecule has 0 bridgehead atoms. The second kappa shape index (κ2) is 5.05. The summed E-state index contributed by atoms with van der Waals surface area (Å²) in [7, 11) is -7.00. The molecular formula is C5H12O6P2. The molecule has 1 atom stereocenters. The van der Waals surface area contributed by atoms with Crippen LogP contribution in [0.15, 0.2) is 12.7 Å². The molecule has 78 valence electrons. The molecule has 0 aliphatic carbocycles. The first-order valence-corrected chi connectivity index (χ1v) is 6.80. The van der Waals surface area contributed by atoms with Gasteiger partial charge in [-0.3, -0.25) is 9.13 Å². The fourth-order valence-electron chi connectivity index (χ4n) is 0.543. The van der Waals surface area contributed by atoms with E-state index in [1.165, 1.54) is 6.08 Å². The van der Waals surface area contributed by atoms with Gasteiger partial charge in [0.15, 0.2) is 5.90 Å². The van der Waals surface area contributed by atoms with Crippen LogP contribution in [0.5, 0.6) is 0 Å². The van der Waals surface area contributed by atoms with Gasteiger partial charge in [0.2, 0.25) is 0 Å². The molecule has 0 spiro atoms. The van der Waals surface area contributed by atoms with Crippen LogP contribution in [-0.2, 0) is 18.2 Å². The van der Waals surface area contributed by atoms with E-state index in [2.05, 4.69) is 15.6 Å². The lowest BCUT2D eigenvalue weighted by Crippen LogP contribution is -1.98. The molecule has 0 aromatic rings. The Balaban J connectivity index is 4.37. The molecule has 13 heavy (non-hydrogen) atoms. The second-order valence-electron chi connectivity index (χ2n) is 2.18. The zero-order valence-corrected chi connectivity index (χ0v) is 8.91. The highest BCUT2D eigenvalue weighted by Crippen LogP contribution is 2.58. The van der Waals surface area contributed by atoms with E-state index in [1.54, 1.807) is 0 Å². The lowest BCUT2D eigenvalue weighted by atomic mass is 10.7. The van der Waals surface area contributed by atoms with Crippen LogP contribution in [0.3, 0.4) is 0 Å². The molecule has 1 unspecified atom stereocenters. The third-order valence-electron chi connectivity index (χ3n) is 1.02. The van der Waals surface area contributed by atoms with Gasteiger partial charge in [0.05, 0.1) is 6.61 Å². The van der Waals surface area contributed by atoms with Crippen molar-refractivity contribution >= 4 is 15.2 Å². The molecule has 2 N–H and O–H groups in total. The highest BCUT2D eigenvalue weighted by molar-refractivity contribution is 7.70. The van der Waals surface area contributed by atoms with Crippen LogP contribution in [0.1, 0.15) is 0 Å². The van der Waals surface area contributed by atoms with Gasteiger partial charge in [-0.2, -0.15) is 0 Å². The molecule has 0 saturated carbocycles. The topological polar surface area (TPSA) is 93.1 Å². The Hall–Kier alpha value is 0.0400. The molecule has 0 fully saturated rings. The summed E-state index contributed by atoms with van der Waals surface area (Å²) in [6.45, 7) is 3.22. The summed E-state index contributed by atoms with van der Waals surface area (Å²) in [4.78, 5) is 17.1. The largest absolute Gasteiger partial charge is 0.342 e. The fourth-order valence-corrected chi connectivity index (χ4v) is 3.57. The van der Waals surface area contributed by atoms with Crippen LogP contribution in [0.4, 0.5) is 0 Å². The van der Waals surface area contributed by atoms with Crippen molar-refractivity contribution in [1.82, 2.24) is 0 Å². The quantitative estimate of drug-likeness (QED) is 0.525. The van der Waals surface area contributed by atoms with Crippen molar-refractivity contribution in [2.75, 3.05) is 19.6 Å². The predicted molar refractivity (Wildman–Crippen MR) is 47.7 cm³/mol. The molecule has 0 saturated heterocycles. The average molecular weight is 230 g/mol. The highest BCUT2D eigenvalue weighted by atomic mass is 31.2. The molecule has 6 nitrogen and oxygen atoms in total. The Kier molecular flexibility index (Phi) is 5.07. The van der Waals surface area contributed by atoms with Crippen molar-refractivity contribution in [2.45, 2.75) is 0 Å². The first-order valence-electron chi connectivity index (χ1n) is 3.28. The van der Waals surface area contributed by atoms with Crippen LogP contribution in [0, 0.1) is 0 Å². The van der Waals surface area contributed by atoms with E-state index < -0.39 is 21.1 Å². The zero-order chi connectivity index (χ0) is 10.5. The Labute approximate surface area is 76.3 Å². The maximum absolute atomic E-state index is 11.4. The van der Waals surface area contributed by atoms with Gasteiger partial charge >= 0.3 is 15.2 Å². The SMILES string of the molecule is C=CCOP(=O)(CP(=O)(O)O)OC. The Bertz CT molecular complexity index is 256. The smallest absolute Gasteiger partial charge is 0.324 e. The van der Waals surface area contributed by atoms with E-state index >= 15 is 0 Å². The van der Waals surface area contributed by atoms with E-state index in [0.29, 0.717) is 0 Å². The van der Waals surface area contributed by atoms with E-state index in [0.717, 1.165) is 7.11 Å². The van der Waals surface area contributed by atoms with Crippen molar-refractivity contribution in [1.29, 1.82) is 0 Å². The molecular weight excluding hydrogens is 218 g/mol. The van der Waals surface area contributed by atoms with E-state index in [4.69, 9.17) is 9.79 Å². The van der Waals surface area contributed by atoms with Gasteiger partial charge in [0.1, 0.15) is 0 Å². The normalized spacial score (nSPS) is 16.5. The Morgan fingerprint density at radius 2 is 2.00 bits per heavy atom. The van der Waals surface area contributed by atoms with Gasteiger partial charge in [-0.1, -0.05) is 6.08 Å². The summed E-state index contributed by atoms with van der Waals surface area (Å²) in [5, 5.41) is 0. The highest BCUT2D eigenvalue weighted by Gasteiger charge is 2.32. The molecule has 8 heteroatoms. The first kappa shape index (κ1) is 13.0. The lowest BCUT2D eigenvalue weighted by Gasteiger charge is -2.15. The van der Waals surface area contributed by atoms with Crippen LogP contribution < -0.4 is 0 Å². The molecule has 0 amide bonds. The fraction of sp³-hybridized carbons (Fsp3) is 0.600. The van der Waals surface area contributed by atoms with E-state index in [1.807, 2.05) is 0 Å². The van der Waals surface area contributed by atoms with Gasteiger partial charge in [0.25, 0.3) is 0 Å². The van der Waals surface area contributed by atoms with Crippen molar-refractivity contribution < 1.29 is 28.0 Å². The van der Waals surface area contributed by atoms with Crippen molar-refractivity contribution in [3.05, 3.63) is 12.7 Å². The summed E-state index contributed by atoms with van der Waals surface area (Å²) in [5.74, 6) is -0.912. The lowest BCUT2D eigenvalue weighted by molar-refractivity contribution is 0.256. The minimum absolute atomic E-state index is 0.0783. The summed E-state index contributed by atoms with van der Waals surface area (Å²) >= 11 is 0. The standard InChI is InChI=1S/C5H12O6P2/c1-3-4-11-13(9,10-2)5-12(6,7)8/h3H,1,4-5H2,2H3,(H2,6,7,8). The average Bonchev–Trinajstić information content (AvgIpc) is 1.98. The summed E-state index contributed by atoms with van der Waals surface area (Å²) in [5.41, 5.74) is 0. The zero-order valence-electron chi connectivity index (χ0n) is 7.12. The van der Waals surface area contributed by atoms with Gasteiger partial charge in [-0.25, -0.2) is 0 Å². The molecule has 0 rings (SSSR count). The van der Waals surface area contributed by atoms with Gasteiger partial charge < -0.3 is 18.8 Å². The second-order valence-corrected chi connectivity index (χ2v) is 6.49. The van der Waals surface area contributed by atoms with Gasteiger partial charge in [0, 0.05) is 7.11 Å². The predicted octanol–water partition coefficient (Wildman–Crippen LogP) is 1.16. The number of rotatable bonds is 6. The molecule has 0 aromatic heterocycles. The minimum Gasteiger partial charge on any atom is -0.324 e. The number of hydrogen-bond donors (Lipinski definition) is 2. The molecule has 0 aliphatic heterocycles. The van der Waals surface area contributed by atoms with Crippen molar-refractivity contribution in [2.24, 2.45) is 0 Å². The maximum atomic E-state index is 11.4. The minimum atomic E-state index is -4.39. The Morgan fingerprint density at radius 1 is 1.46 bits per heavy atom. The summed E-state index contributed by atoms with van der Waals surface area (Å²) in [6.07, 6.45) is 1.31. The summed E-state index contributed by atoms with van der Waals surface area (Å²) < 4.78 is 30.9. The van der Waals surface area contributed by atoms with Gasteiger partial charge in [-0.15, -0.1) is 6.58 Å². The van der Waals surface area contributed by atoms with Crippen LogP contribution in [0.2, 0.25) is 0 Å². The molecule has 0 aliphatic rings. The summed E-state index contributed by atoms with van der Waals surface area (Å²) in [6, 6.07) is 0.